The number of amides is 1. The quantitative estimate of drug-likeness (QED) is 0.645. The lowest BCUT2D eigenvalue weighted by atomic mass is 9.96. The van der Waals surface area contributed by atoms with Crippen molar-refractivity contribution in [1.29, 1.82) is 0 Å². The van der Waals surface area contributed by atoms with Gasteiger partial charge in [0.15, 0.2) is 5.78 Å². The third-order valence-corrected chi connectivity index (χ3v) is 3.20. The zero-order valence-electron chi connectivity index (χ0n) is 9.31. The van der Waals surface area contributed by atoms with Crippen LogP contribution in [0.15, 0.2) is 18.2 Å². The van der Waals surface area contributed by atoms with Gasteiger partial charge in [-0.05, 0) is 24.6 Å². The normalized spacial score (nSPS) is 19.8. The molecule has 0 aromatic heterocycles. The van der Waals surface area contributed by atoms with Gasteiger partial charge in [0.1, 0.15) is 11.7 Å². The van der Waals surface area contributed by atoms with Crippen LogP contribution in [0.1, 0.15) is 16.8 Å². The van der Waals surface area contributed by atoms with E-state index in [0.29, 0.717) is 18.0 Å². The Morgan fingerprint density at radius 3 is 2.76 bits per heavy atom. The highest BCUT2D eigenvalue weighted by molar-refractivity contribution is 6.31. The minimum absolute atomic E-state index is 0.156. The molecule has 17 heavy (non-hydrogen) atoms. The molecular weight excluding hydrogens is 242 g/mol. The summed E-state index contributed by atoms with van der Waals surface area (Å²) in [4.78, 5) is 25.3. The third kappa shape index (κ3) is 2.13. The lowest BCUT2D eigenvalue weighted by molar-refractivity contribution is -0.128. The second-order valence-corrected chi connectivity index (χ2v) is 4.56. The zero-order valence-corrected chi connectivity index (χ0v) is 10.1. The summed E-state index contributed by atoms with van der Waals surface area (Å²) in [6.45, 7) is 0.573. The number of halogens is 1. The average molecular weight is 254 g/mol. The topological polar surface area (TPSA) is 57.6 Å². The van der Waals surface area contributed by atoms with Gasteiger partial charge in [-0.1, -0.05) is 11.6 Å². The molecule has 1 heterocycles. The molecule has 0 spiro atoms. The number of phenolic OH excluding ortho intramolecular Hbond substituents is 1. The van der Waals surface area contributed by atoms with E-state index in [9.17, 15) is 14.7 Å². The van der Waals surface area contributed by atoms with Gasteiger partial charge in [0.05, 0.1) is 5.56 Å². The molecule has 2 rings (SSSR count). The smallest absolute Gasteiger partial charge is 0.233 e. The highest BCUT2D eigenvalue weighted by Crippen LogP contribution is 2.28. The maximum absolute atomic E-state index is 12.1. The van der Waals surface area contributed by atoms with E-state index in [0.717, 1.165) is 0 Å². The second-order valence-electron chi connectivity index (χ2n) is 4.13. The Morgan fingerprint density at radius 2 is 2.24 bits per heavy atom. The van der Waals surface area contributed by atoms with Gasteiger partial charge < -0.3 is 10.0 Å². The fourth-order valence-corrected chi connectivity index (χ4v) is 2.13. The molecule has 1 fully saturated rings. The summed E-state index contributed by atoms with van der Waals surface area (Å²) in [5.74, 6) is -1.38. The number of carbonyl (C=O) groups excluding carboxylic acids is 2. The van der Waals surface area contributed by atoms with Crippen LogP contribution in [0.5, 0.6) is 5.75 Å². The number of nitrogens with zero attached hydrogens (tertiary/aromatic N) is 1. The molecule has 5 heteroatoms. The summed E-state index contributed by atoms with van der Waals surface area (Å²) in [5, 5.41) is 10.00. The van der Waals surface area contributed by atoms with E-state index >= 15 is 0 Å². The van der Waals surface area contributed by atoms with E-state index in [4.69, 9.17) is 11.6 Å². The molecule has 0 saturated carbocycles. The summed E-state index contributed by atoms with van der Waals surface area (Å²) >= 11 is 5.69. The standard InChI is InChI=1S/C12H12ClNO3/c1-14-5-4-9(12(14)17)11(16)8-3-2-7(13)6-10(8)15/h2-3,6,9,15H,4-5H2,1H3. The summed E-state index contributed by atoms with van der Waals surface area (Å²) in [6, 6.07) is 4.28. The van der Waals surface area contributed by atoms with Crippen LogP contribution >= 0.6 is 11.6 Å². The molecule has 1 N–H and O–H groups in total. The number of ketones is 1. The number of benzene rings is 1. The predicted octanol–water partition coefficient (Wildman–Crippen LogP) is 1.71. The summed E-state index contributed by atoms with van der Waals surface area (Å²) in [6.07, 6.45) is 0.496. The Balaban J connectivity index is 2.29. The van der Waals surface area contributed by atoms with Crippen LogP contribution in [0.2, 0.25) is 5.02 Å². The van der Waals surface area contributed by atoms with Crippen molar-refractivity contribution in [1.82, 2.24) is 4.90 Å². The van der Waals surface area contributed by atoms with Crippen molar-refractivity contribution in [2.24, 2.45) is 5.92 Å². The summed E-state index contributed by atoms with van der Waals surface area (Å²) in [5.41, 5.74) is 0.156. The first-order chi connectivity index (χ1) is 8.00. The van der Waals surface area contributed by atoms with E-state index in [1.165, 1.54) is 23.1 Å². The lowest BCUT2D eigenvalue weighted by Gasteiger charge is -2.10. The van der Waals surface area contributed by atoms with Crippen LogP contribution < -0.4 is 0 Å². The zero-order chi connectivity index (χ0) is 12.6. The molecule has 1 aliphatic heterocycles. The summed E-state index contributed by atoms with van der Waals surface area (Å²) in [7, 11) is 1.66. The van der Waals surface area contributed by atoms with E-state index in [-0.39, 0.29) is 23.0 Å². The average Bonchev–Trinajstić information content (AvgIpc) is 2.59. The number of carbonyl (C=O) groups is 2. The van der Waals surface area contributed by atoms with Gasteiger partial charge in [0.2, 0.25) is 5.91 Å². The molecule has 1 amide bonds. The van der Waals surface area contributed by atoms with Crippen molar-refractivity contribution < 1.29 is 14.7 Å². The minimum atomic E-state index is -0.674. The maximum Gasteiger partial charge on any atom is 0.233 e. The Labute approximate surface area is 104 Å². The number of aromatic hydroxyl groups is 1. The monoisotopic (exact) mass is 253 g/mol. The molecule has 0 bridgehead atoms. The number of likely N-dealkylation sites (tertiary alicyclic amines) is 1. The van der Waals surface area contributed by atoms with Crippen LogP contribution in [0.4, 0.5) is 0 Å². The molecule has 1 saturated heterocycles. The van der Waals surface area contributed by atoms with E-state index in [2.05, 4.69) is 0 Å². The largest absolute Gasteiger partial charge is 0.507 e. The van der Waals surface area contributed by atoms with Gasteiger partial charge in [-0.2, -0.15) is 0 Å². The Kier molecular flexibility index (Phi) is 3.07. The van der Waals surface area contributed by atoms with E-state index < -0.39 is 5.92 Å². The van der Waals surface area contributed by atoms with Crippen molar-refractivity contribution in [2.45, 2.75) is 6.42 Å². The Morgan fingerprint density at radius 1 is 1.53 bits per heavy atom. The van der Waals surface area contributed by atoms with Crippen molar-refractivity contribution in [2.75, 3.05) is 13.6 Å². The van der Waals surface area contributed by atoms with Crippen molar-refractivity contribution >= 4 is 23.3 Å². The molecule has 0 radical (unpaired) electrons. The molecule has 1 aromatic rings. The van der Waals surface area contributed by atoms with Crippen molar-refractivity contribution in [3.05, 3.63) is 28.8 Å². The highest BCUT2D eigenvalue weighted by atomic mass is 35.5. The molecule has 4 nitrogen and oxygen atoms in total. The first-order valence-electron chi connectivity index (χ1n) is 5.28. The van der Waals surface area contributed by atoms with Gasteiger partial charge in [-0.25, -0.2) is 0 Å². The Hall–Kier alpha value is -1.55. The van der Waals surface area contributed by atoms with Gasteiger partial charge in [-0.3, -0.25) is 9.59 Å². The molecule has 1 aromatic carbocycles. The SMILES string of the molecule is CN1CCC(C(=O)c2ccc(Cl)cc2O)C1=O. The number of phenols is 1. The van der Waals surface area contributed by atoms with Crippen LogP contribution in [-0.4, -0.2) is 35.3 Å². The van der Waals surface area contributed by atoms with Crippen molar-refractivity contribution in [3.8, 4) is 5.75 Å². The molecule has 1 unspecified atom stereocenters. The molecular formula is C12H12ClNO3. The molecule has 1 aliphatic rings. The van der Waals surface area contributed by atoms with Gasteiger partial charge >= 0.3 is 0 Å². The Bertz CT molecular complexity index is 487. The fourth-order valence-electron chi connectivity index (χ4n) is 1.97. The van der Waals surface area contributed by atoms with E-state index in [1.54, 1.807) is 7.05 Å². The van der Waals surface area contributed by atoms with Crippen LogP contribution in [0, 0.1) is 5.92 Å². The number of hydrogen-bond acceptors (Lipinski definition) is 3. The molecule has 0 aliphatic carbocycles. The second kappa shape index (κ2) is 4.37. The number of Topliss-reactive ketones (excluding diaryl/α,β-unsaturated/α-hetero) is 1. The highest BCUT2D eigenvalue weighted by Gasteiger charge is 2.36. The molecule has 90 valence electrons. The minimum Gasteiger partial charge on any atom is -0.507 e. The lowest BCUT2D eigenvalue weighted by Crippen LogP contribution is -2.27. The maximum atomic E-state index is 12.1. The third-order valence-electron chi connectivity index (χ3n) is 2.97. The number of rotatable bonds is 2. The van der Waals surface area contributed by atoms with Crippen molar-refractivity contribution in [3.63, 3.8) is 0 Å². The first-order valence-corrected chi connectivity index (χ1v) is 5.66. The van der Waals surface area contributed by atoms with Gasteiger partial charge in [0, 0.05) is 18.6 Å². The molecule has 1 atom stereocenters. The fraction of sp³-hybridized carbons (Fsp3) is 0.333. The van der Waals surface area contributed by atoms with Crippen LogP contribution in [0.25, 0.3) is 0 Å². The van der Waals surface area contributed by atoms with Gasteiger partial charge in [0.25, 0.3) is 0 Å². The van der Waals surface area contributed by atoms with Gasteiger partial charge in [-0.15, -0.1) is 0 Å². The van der Waals surface area contributed by atoms with Crippen LogP contribution in [0.3, 0.4) is 0 Å². The van der Waals surface area contributed by atoms with E-state index in [1.807, 2.05) is 0 Å². The van der Waals surface area contributed by atoms with Crippen LogP contribution in [-0.2, 0) is 4.79 Å². The number of hydrogen-bond donors (Lipinski definition) is 1. The predicted molar refractivity (Wildman–Crippen MR) is 63.2 cm³/mol. The summed E-state index contributed by atoms with van der Waals surface area (Å²) < 4.78 is 0. The first kappa shape index (κ1) is 11.9.